The van der Waals surface area contributed by atoms with E-state index in [1.807, 2.05) is 24.4 Å². The molecular formula is C25H25NO. The summed E-state index contributed by atoms with van der Waals surface area (Å²) in [4.78, 5) is 4.66. The number of benzene rings is 2. The van der Waals surface area contributed by atoms with E-state index >= 15 is 0 Å². The Morgan fingerprint density at radius 1 is 0.778 bits per heavy atom. The van der Waals surface area contributed by atoms with Crippen molar-refractivity contribution in [2.75, 3.05) is 0 Å². The van der Waals surface area contributed by atoms with Crippen molar-refractivity contribution in [3.05, 3.63) is 65.9 Å². The van der Waals surface area contributed by atoms with E-state index in [1.54, 1.807) is 0 Å². The number of aromatic nitrogens is 1. The van der Waals surface area contributed by atoms with Crippen LogP contribution in [0, 0.1) is 0 Å². The molecule has 1 aliphatic rings. The summed E-state index contributed by atoms with van der Waals surface area (Å²) < 4.78 is 6.60. The van der Waals surface area contributed by atoms with Gasteiger partial charge in [-0.25, -0.2) is 0 Å². The van der Waals surface area contributed by atoms with Crippen LogP contribution in [-0.4, -0.2) is 4.98 Å². The Hall–Kier alpha value is -2.61. The van der Waals surface area contributed by atoms with Gasteiger partial charge in [0.1, 0.15) is 11.3 Å². The third-order valence-electron chi connectivity index (χ3n) is 6.38. The molecular weight excluding hydrogens is 330 g/mol. The van der Waals surface area contributed by atoms with Gasteiger partial charge < -0.3 is 4.42 Å². The predicted molar refractivity (Wildman–Crippen MR) is 112 cm³/mol. The maximum atomic E-state index is 6.60. The first kappa shape index (κ1) is 16.6. The lowest BCUT2D eigenvalue weighted by Crippen LogP contribution is -2.33. The highest BCUT2D eigenvalue weighted by Crippen LogP contribution is 2.50. The van der Waals surface area contributed by atoms with Gasteiger partial charge in [-0.2, -0.15) is 0 Å². The van der Waals surface area contributed by atoms with E-state index < -0.39 is 0 Å². The van der Waals surface area contributed by atoms with Gasteiger partial charge >= 0.3 is 0 Å². The smallest absolute Gasteiger partial charge is 0.161 e. The molecule has 2 nitrogen and oxygen atoms in total. The largest absolute Gasteiger partial charge is 0.453 e. The molecule has 0 saturated carbocycles. The lowest BCUT2D eigenvalue weighted by atomic mass is 9.63. The lowest BCUT2D eigenvalue weighted by molar-refractivity contribution is 0.331. The standard InChI is InChI=1S/C25H25NO/c1-24(2)13-14-25(3,4)20-19(24)11-10-17-18-12-15-26-21(23(18)27-22(17)20)16-8-6-5-7-9-16/h5-12,15H,13-14H2,1-4H3. The van der Waals surface area contributed by atoms with Crippen molar-refractivity contribution in [3.8, 4) is 11.3 Å². The van der Waals surface area contributed by atoms with E-state index in [0.29, 0.717) is 0 Å². The van der Waals surface area contributed by atoms with E-state index in [4.69, 9.17) is 4.42 Å². The fourth-order valence-electron chi connectivity index (χ4n) is 4.69. The first-order valence-corrected chi connectivity index (χ1v) is 9.79. The van der Waals surface area contributed by atoms with Crippen molar-refractivity contribution in [1.82, 2.24) is 4.98 Å². The zero-order valence-electron chi connectivity index (χ0n) is 16.5. The predicted octanol–water partition coefficient (Wildman–Crippen LogP) is 7.00. The molecule has 2 aromatic heterocycles. The summed E-state index contributed by atoms with van der Waals surface area (Å²) in [5, 5.41) is 2.36. The second-order valence-corrected chi connectivity index (χ2v) is 9.14. The van der Waals surface area contributed by atoms with Crippen molar-refractivity contribution in [2.45, 2.75) is 51.4 Å². The zero-order valence-corrected chi connectivity index (χ0v) is 16.5. The second kappa shape index (κ2) is 5.45. The monoisotopic (exact) mass is 355 g/mol. The molecule has 0 amide bonds. The van der Waals surface area contributed by atoms with Gasteiger partial charge in [-0.05, 0) is 35.3 Å². The number of rotatable bonds is 1. The van der Waals surface area contributed by atoms with Crippen molar-refractivity contribution in [1.29, 1.82) is 0 Å². The maximum absolute atomic E-state index is 6.60. The minimum Gasteiger partial charge on any atom is -0.453 e. The Labute approximate surface area is 160 Å². The average molecular weight is 355 g/mol. The third kappa shape index (κ3) is 2.36. The molecule has 2 heteroatoms. The molecule has 0 fully saturated rings. The average Bonchev–Trinajstić information content (AvgIpc) is 3.04. The minimum atomic E-state index is 0.110. The van der Waals surface area contributed by atoms with Crippen LogP contribution in [0.5, 0.6) is 0 Å². The molecule has 0 radical (unpaired) electrons. The van der Waals surface area contributed by atoms with Gasteiger partial charge in [0.25, 0.3) is 0 Å². The highest BCUT2D eigenvalue weighted by atomic mass is 16.3. The van der Waals surface area contributed by atoms with Crippen LogP contribution in [0.3, 0.4) is 0 Å². The SMILES string of the molecule is CC1(C)CCC(C)(C)c2c1ccc1c2oc2c(-c3ccccc3)nccc21. The number of hydrogen-bond donors (Lipinski definition) is 0. The van der Waals surface area contributed by atoms with Crippen LogP contribution in [0.2, 0.25) is 0 Å². The molecule has 0 unspecified atom stereocenters. The third-order valence-corrected chi connectivity index (χ3v) is 6.38. The van der Waals surface area contributed by atoms with Crippen LogP contribution < -0.4 is 0 Å². The molecule has 0 bridgehead atoms. The van der Waals surface area contributed by atoms with Crippen LogP contribution in [0.15, 0.2) is 59.1 Å². The normalized spacial score (nSPS) is 17.9. The summed E-state index contributed by atoms with van der Waals surface area (Å²) in [5.74, 6) is 0. The Balaban J connectivity index is 1.89. The summed E-state index contributed by atoms with van der Waals surface area (Å²) in [7, 11) is 0. The Morgan fingerprint density at radius 3 is 2.26 bits per heavy atom. The zero-order chi connectivity index (χ0) is 18.8. The molecule has 0 N–H and O–H groups in total. The molecule has 1 aliphatic carbocycles. The van der Waals surface area contributed by atoms with Crippen molar-refractivity contribution < 1.29 is 4.42 Å². The summed E-state index contributed by atoms with van der Waals surface area (Å²) in [5.41, 5.74) is 7.06. The number of pyridine rings is 1. The van der Waals surface area contributed by atoms with E-state index in [0.717, 1.165) is 27.8 Å². The Kier molecular flexibility index (Phi) is 3.34. The minimum absolute atomic E-state index is 0.110. The number of fused-ring (bicyclic) bond motifs is 5. The molecule has 4 aromatic rings. The Bertz CT molecular complexity index is 1170. The molecule has 2 aromatic carbocycles. The van der Waals surface area contributed by atoms with Crippen molar-refractivity contribution in [3.63, 3.8) is 0 Å². The van der Waals surface area contributed by atoms with Gasteiger partial charge in [-0.1, -0.05) is 70.2 Å². The quantitative estimate of drug-likeness (QED) is 0.367. The van der Waals surface area contributed by atoms with Gasteiger partial charge in [0.05, 0.1) is 0 Å². The van der Waals surface area contributed by atoms with Crippen LogP contribution in [-0.2, 0) is 10.8 Å². The molecule has 5 rings (SSSR count). The van der Waals surface area contributed by atoms with Crippen LogP contribution in [0.1, 0.15) is 51.7 Å². The van der Waals surface area contributed by atoms with Crippen LogP contribution in [0.4, 0.5) is 0 Å². The second-order valence-electron chi connectivity index (χ2n) is 9.14. The molecule has 136 valence electrons. The van der Waals surface area contributed by atoms with Gasteiger partial charge in [-0.3, -0.25) is 4.98 Å². The van der Waals surface area contributed by atoms with E-state index in [9.17, 15) is 0 Å². The highest BCUT2D eigenvalue weighted by Gasteiger charge is 2.39. The van der Waals surface area contributed by atoms with Crippen LogP contribution in [0.25, 0.3) is 33.2 Å². The first-order valence-electron chi connectivity index (χ1n) is 9.79. The molecule has 2 heterocycles. The van der Waals surface area contributed by atoms with Crippen molar-refractivity contribution >= 4 is 21.9 Å². The Morgan fingerprint density at radius 2 is 1.48 bits per heavy atom. The summed E-state index contributed by atoms with van der Waals surface area (Å²) in [6, 6.07) is 17.0. The van der Waals surface area contributed by atoms with Gasteiger partial charge in [-0.15, -0.1) is 0 Å². The summed E-state index contributed by atoms with van der Waals surface area (Å²) in [6.45, 7) is 9.41. The molecule has 0 saturated heterocycles. The number of nitrogens with zero attached hydrogens (tertiary/aromatic N) is 1. The topological polar surface area (TPSA) is 26.0 Å². The van der Waals surface area contributed by atoms with Gasteiger partial charge in [0.2, 0.25) is 0 Å². The van der Waals surface area contributed by atoms with E-state index in [1.165, 1.54) is 29.4 Å². The summed E-state index contributed by atoms with van der Waals surface area (Å²) >= 11 is 0. The van der Waals surface area contributed by atoms with E-state index in [2.05, 4.69) is 63.0 Å². The molecule has 0 spiro atoms. The van der Waals surface area contributed by atoms with Gasteiger partial charge in [0, 0.05) is 28.1 Å². The lowest BCUT2D eigenvalue weighted by Gasteiger charge is -2.41. The molecule has 27 heavy (non-hydrogen) atoms. The first-order chi connectivity index (χ1) is 12.9. The van der Waals surface area contributed by atoms with Crippen molar-refractivity contribution in [2.24, 2.45) is 0 Å². The molecule has 0 atom stereocenters. The fraction of sp³-hybridized carbons (Fsp3) is 0.320. The highest BCUT2D eigenvalue weighted by molar-refractivity contribution is 6.10. The number of hydrogen-bond acceptors (Lipinski definition) is 2. The number of furan rings is 1. The summed E-state index contributed by atoms with van der Waals surface area (Å²) in [6.07, 6.45) is 4.27. The van der Waals surface area contributed by atoms with E-state index in [-0.39, 0.29) is 10.8 Å². The fourth-order valence-corrected chi connectivity index (χ4v) is 4.69. The molecule has 0 aliphatic heterocycles. The van der Waals surface area contributed by atoms with Crippen LogP contribution >= 0.6 is 0 Å². The maximum Gasteiger partial charge on any atom is 0.161 e. The van der Waals surface area contributed by atoms with Gasteiger partial charge in [0.15, 0.2) is 5.58 Å².